The van der Waals surface area contributed by atoms with Crippen LogP contribution in [0.1, 0.15) is 19.3 Å². The predicted molar refractivity (Wildman–Crippen MR) is 63.8 cm³/mol. The van der Waals surface area contributed by atoms with E-state index in [0.717, 1.165) is 19.3 Å². The number of nitrogens with zero attached hydrogens (tertiary/aromatic N) is 4. The van der Waals surface area contributed by atoms with Crippen molar-refractivity contribution in [2.24, 2.45) is 35.5 Å². The molecular formula is C15H12N4O. The Bertz CT molecular complexity index is 573. The zero-order valence-electron chi connectivity index (χ0n) is 10.8. The molecule has 1 heterocycles. The first-order valence-corrected chi connectivity index (χ1v) is 7.01. The van der Waals surface area contributed by atoms with Crippen molar-refractivity contribution in [3.05, 3.63) is 0 Å². The Kier molecular flexibility index (Phi) is 1.95. The van der Waals surface area contributed by atoms with Crippen LogP contribution in [0.4, 0.5) is 0 Å². The number of hydrogen-bond donors (Lipinski definition) is 0. The Balaban J connectivity index is 1.86. The first kappa shape index (κ1) is 11.7. The molecule has 3 aliphatic carbocycles. The molecule has 5 heteroatoms. The van der Waals surface area contributed by atoms with E-state index < -0.39 is 11.2 Å². The van der Waals surface area contributed by atoms with Gasteiger partial charge in [-0.2, -0.15) is 21.0 Å². The first-order chi connectivity index (χ1) is 9.66. The van der Waals surface area contributed by atoms with Gasteiger partial charge in [-0.25, -0.2) is 0 Å². The molecule has 98 valence electrons. The number of fused-ring (bicyclic) bond motifs is 8. The van der Waals surface area contributed by atoms with Gasteiger partial charge in [-0.15, -0.1) is 0 Å². The van der Waals surface area contributed by atoms with Gasteiger partial charge in [0.15, 0.2) is 0 Å². The summed E-state index contributed by atoms with van der Waals surface area (Å²) in [7, 11) is 0. The fourth-order valence-electron chi connectivity index (χ4n) is 5.66. The lowest BCUT2D eigenvalue weighted by atomic mass is 9.46. The van der Waals surface area contributed by atoms with Gasteiger partial charge in [-0.3, -0.25) is 0 Å². The van der Waals surface area contributed by atoms with Crippen LogP contribution in [0.15, 0.2) is 0 Å². The molecule has 5 nitrogen and oxygen atoms in total. The summed E-state index contributed by atoms with van der Waals surface area (Å²) in [5, 5.41) is 37.7. The Hall–Kier alpha value is -2.08. The van der Waals surface area contributed by atoms with Crippen LogP contribution >= 0.6 is 0 Å². The summed E-state index contributed by atoms with van der Waals surface area (Å²) in [6.07, 6.45) is 3.42. The van der Waals surface area contributed by atoms with Crippen molar-refractivity contribution in [2.75, 3.05) is 0 Å². The SMILES string of the molecule is N#CC1(C#N)OC(C#N)(C#N)C2C3C4CCC(C4)C3C21. The molecule has 0 N–H and O–H groups in total. The fraction of sp³-hybridized carbons (Fsp3) is 0.733. The van der Waals surface area contributed by atoms with Crippen molar-refractivity contribution in [1.29, 1.82) is 21.0 Å². The maximum absolute atomic E-state index is 9.44. The monoisotopic (exact) mass is 264 g/mol. The second-order valence-electron chi connectivity index (χ2n) is 6.56. The minimum Gasteiger partial charge on any atom is -0.312 e. The molecule has 3 saturated carbocycles. The fourth-order valence-corrected chi connectivity index (χ4v) is 5.66. The van der Waals surface area contributed by atoms with Crippen molar-refractivity contribution >= 4 is 0 Å². The highest BCUT2D eigenvalue weighted by molar-refractivity contribution is 5.41. The Labute approximate surface area is 117 Å². The van der Waals surface area contributed by atoms with Crippen LogP contribution in [-0.2, 0) is 4.74 Å². The molecule has 2 bridgehead atoms. The summed E-state index contributed by atoms with van der Waals surface area (Å²) in [4.78, 5) is 0. The molecule has 0 aromatic heterocycles. The number of hydrogen-bond acceptors (Lipinski definition) is 5. The summed E-state index contributed by atoms with van der Waals surface area (Å²) in [5.41, 5.74) is -3.22. The predicted octanol–water partition coefficient (Wildman–Crippen LogP) is 1.50. The summed E-state index contributed by atoms with van der Waals surface area (Å²) in [6.45, 7) is 0. The summed E-state index contributed by atoms with van der Waals surface area (Å²) in [5.74, 6) is 1.14. The normalized spacial score (nSPS) is 47.8. The molecular weight excluding hydrogens is 252 g/mol. The largest absolute Gasteiger partial charge is 0.312 e. The number of ether oxygens (including phenoxy) is 1. The van der Waals surface area contributed by atoms with Crippen molar-refractivity contribution < 1.29 is 4.74 Å². The average Bonchev–Trinajstić information content (AvgIpc) is 3.08. The molecule has 0 aromatic carbocycles. The van der Waals surface area contributed by atoms with E-state index >= 15 is 0 Å². The van der Waals surface area contributed by atoms with Gasteiger partial charge in [0.05, 0.1) is 0 Å². The van der Waals surface area contributed by atoms with E-state index in [-0.39, 0.29) is 11.8 Å². The van der Waals surface area contributed by atoms with Gasteiger partial charge in [-0.1, -0.05) is 0 Å². The third-order valence-electron chi connectivity index (χ3n) is 6.19. The third kappa shape index (κ3) is 0.955. The molecule has 4 fully saturated rings. The summed E-state index contributed by atoms with van der Waals surface area (Å²) >= 11 is 0. The molecule has 6 unspecified atom stereocenters. The van der Waals surface area contributed by atoms with Crippen molar-refractivity contribution in [3.8, 4) is 24.3 Å². The van der Waals surface area contributed by atoms with E-state index in [2.05, 4.69) is 0 Å². The molecule has 0 amide bonds. The zero-order chi connectivity index (χ0) is 14.1. The minimum atomic E-state index is -1.61. The molecule has 1 saturated heterocycles. The molecule has 0 spiro atoms. The van der Waals surface area contributed by atoms with Crippen molar-refractivity contribution in [2.45, 2.75) is 30.5 Å². The van der Waals surface area contributed by atoms with Crippen molar-refractivity contribution in [3.63, 3.8) is 0 Å². The maximum atomic E-state index is 9.44. The van der Waals surface area contributed by atoms with Gasteiger partial charge in [0, 0.05) is 11.8 Å². The van der Waals surface area contributed by atoms with E-state index in [0.29, 0.717) is 23.7 Å². The van der Waals surface area contributed by atoms with Gasteiger partial charge in [0.1, 0.15) is 24.3 Å². The molecule has 6 atom stereocenters. The van der Waals surface area contributed by atoms with Crippen LogP contribution in [0, 0.1) is 80.8 Å². The molecule has 1 aliphatic heterocycles. The van der Waals surface area contributed by atoms with E-state index in [1.807, 2.05) is 24.3 Å². The summed E-state index contributed by atoms with van der Waals surface area (Å²) < 4.78 is 5.54. The van der Waals surface area contributed by atoms with E-state index in [1.165, 1.54) is 0 Å². The van der Waals surface area contributed by atoms with E-state index in [1.54, 1.807) is 0 Å². The molecule has 0 radical (unpaired) electrons. The maximum Gasteiger partial charge on any atom is 0.246 e. The van der Waals surface area contributed by atoms with Gasteiger partial charge in [-0.05, 0) is 42.9 Å². The highest BCUT2D eigenvalue weighted by atomic mass is 16.5. The minimum absolute atomic E-state index is 0.267. The zero-order valence-corrected chi connectivity index (χ0v) is 10.8. The second kappa shape index (κ2) is 3.32. The number of rotatable bonds is 0. The lowest BCUT2D eigenvalue weighted by Gasteiger charge is -2.53. The average molecular weight is 264 g/mol. The van der Waals surface area contributed by atoms with Gasteiger partial charge < -0.3 is 4.74 Å². The first-order valence-electron chi connectivity index (χ1n) is 7.01. The van der Waals surface area contributed by atoms with Gasteiger partial charge in [0.2, 0.25) is 11.2 Å². The van der Waals surface area contributed by atoms with E-state index in [4.69, 9.17) is 4.74 Å². The lowest BCUT2D eigenvalue weighted by molar-refractivity contribution is -0.0579. The van der Waals surface area contributed by atoms with Gasteiger partial charge >= 0.3 is 0 Å². The summed E-state index contributed by atoms with van der Waals surface area (Å²) in [6, 6.07) is 7.87. The highest BCUT2D eigenvalue weighted by Gasteiger charge is 2.79. The Morgan fingerprint density at radius 3 is 1.50 bits per heavy atom. The Morgan fingerprint density at radius 1 is 0.750 bits per heavy atom. The highest BCUT2D eigenvalue weighted by Crippen LogP contribution is 2.74. The quantitative estimate of drug-likeness (QED) is 0.659. The standard InChI is InChI=1S/C15H12N4O/c16-4-14(5-17)12-10-8-1-2-9(3-8)11(10)13(12)15(6-18,7-19)20-14/h8-13H,1-3H2. The molecule has 20 heavy (non-hydrogen) atoms. The molecule has 4 aliphatic rings. The van der Waals surface area contributed by atoms with Crippen molar-refractivity contribution in [1.82, 2.24) is 0 Å². The lowest BCUT2D eigenvalue weighted by Crippen LogP contribution is -2.57. The molecule has 4 rings (SSSR count). The molecule has 0 aromatic rings. The van der Waals surface area contributed by atoms with Crippen LogP contribution in [0.3, 0.4) is 0 Å². The third-order valence-corrected chi connectivity index (χ3v) is 6.19. The Morgan fingerprint density at radius 2 is 1.15 bits per heavy atom. The van der Waals surface area contributed by atoms with E-state index in [9.17, 15) is 21.0 Å². The van der Waals surface area contributed by atoms with Gasteiger partial charge in [0.25, 0.3) is 0 Å². The smallest absolute Gasteiger partial charge is 0.246 e. The van der Waals surface area contributed by atoms with Crippen LogP contribution in [0.2, 0.25) is 0 Å². The topological polar surface area (TPSA) is 104 Å². The van der Waals surface area contributed by atoms with Crippen LogP contribution in [0.5, 0.6) is 0 Å². The van der Waals surface area contributed by atoms with Crippen LogP contribution < -0.4 is 0 Å². The van der Waals surface area contributed by atoms with Crippen LogP contribution in [0.25, 0.3) is 0 Å². The number of nitriles is 4. The van der Waals surface area contributed by atoms with Crippen LogP contribution in [-0.4, -0.2) is 11.2 Å². The second-order valence-corrected chi connectivity index (χ2v) is 6.56.